The van der Waals surface area contributed by atoms with E-state index in [1.807, 2.05) is 37.3 Å². The number of nitrogens with one attached hydrogen (secondary N) is 1. The fourth-order valence-corrected chi connectivity index (χ4v) is 2.57. The summed E-state index contributed by atoms with van der Waals surface area (Å²) in [5.41, 5.74) is 1.67. The van der Waals surface area contributed by atoms with Gasteiger partial charge in [-0.15, -0.1) is 0 Å². The number of rotatable bonds is 7. The molecule has 0 saturated carbocycles. The molecule has 0 radical (unpaired) electrons. The minimum Gasteiger partial charge on any atom is -0.484 e. The molecule has 6 heteroatoms. The molecule has 1 N–H and O–H groups in total. The number of hydrogen-bond acceptors (Lipinski definition) is 4. The van der Waals surface area contributed by atoms with Crippen LogP contribution in [0.15, 0.2) is 48.5 Å². The molecule has 1 atom stereocenters. The maximum absolute atomic E-state index is 12.2. The number of carbonyl (C=O) groups excluding carboxylic acids is 2. The lowest BCUT2D eigenvalue weighted by molar-refractivity contribution is -0.141. The first-order valence-electron chi connectivity index (χ1n) is 7.79. The quantitative estimate of drug-likeness (QED) is 0.767. The molecule has 0 aliphatic rings. The van der Waals surface area contributed by atoms with E-state index in [9.17, 15) is 9.59 Å². The standard InChI is InChI=1S/C19H20ClNO4/c1-13-10-15(20)8-9-17(13)25-12-18(22)21-16(11-19(23)24-2)14-6-4-3-5-7-14/h3-10,16H,11-12H2,1-2H3,(H,21,22). The molecule has 2 aromatic carbocycles. The van der Waals surface area contributed by atoms with Gasteiger partial charge in [-0.1, -0.05) is 41.9 Å². The summed E-state index contributed by atoms with van der Waals surface area (Å²) in [6.07, 6.45) is 0.0478. The van der Waals surface area contributed by atoms with Crippen LogP contribution in [0.5, 0.6) is 5.75 Å². The Balaban J connectivity index is 2.00. The Kier molecular flexibility index (Phi) is 6.83. The van der Waals surface area contributed by atoms with E-state index in [4.69, 9.17) is 21.1 Å². The van der Waals surface area contributed by atoms with E-state index in [1.54, 1.807) is 18.2 Å². The van der Waals surface area contributed by atoms with Crippen molar-refractivity contribution >= 4 is 23.5 Å². The highest BCUT2D eigenvalue weighted by Gasteiger charge is 2.19. The van der Waals surface area contributed by atoms with Gasteiger partial charge in [0.1, 0.15) is 5.75 Å². The fraction of sp³-hybridized carbons (Fsp3) is 0.263. The Morgan fingerprint density at radius 2 is 1.88 bits per heavy atom. The molecule has 0 fully saturated rings. The molecule has 1 unspecified atom stereocenters. The molecular weight excluding hydrogens is 342 g/mol. The topological polar surface area (TPSA) is 64.6 Å². The lowest BCUT2D eigenvalue weighted by atomic mass is 10.0. The molecule has 2 aromatic rings. The second-order valence-corrected chi connectivity index (χ2v) is 5.95. The summed E-state index contributed by atoms with van der Waals surface area (Å²) in [5, 5.41) is 3.42. The number of aryl methyl sites for hydroxylation is 1. The van der Waals surface area contributed by atoms with Crippen LogP contribution in [0.3, 0.4) is 0 Å². The average molecular weight is 362 g/mol. The smallest absolute Gasteiger partial charge is 0.307 e. The zero-order valence-electron chi connectivity index (χ0n) is 14.1. The van der Waals surface area contributed by atoms with E-state index in [0.29, 0.717) is 10.8 Å². The molecule has 1 amide bonds. The lowest BCUT2D eigenvalue weighted by Crippen LogP contribution is -2.34. The summed E-state index contributed by atoms with van der Waals surface area (Å²) in [5.74, 6) is -0.139. The van der Waals surface area contributed by atoms with Gasteiger partial charge in [-0.05, 0) is 36.2 Å². The van der Waals surface area contributed by atoms with Crippen molar-refractivity contribution in [3.63, 3.8) is 0 Å². The van der Waals surface area contributed by atoms with Crippen LogP contribution in [0.1, 0.15) is 23.6 Å². The first-order chi connectivity index (χ1) is 12.0. The SMILES string of the molecule is COC(=O)CC(NC(=O)COc1ccc(Cl)cc1C)c1ccccc1. The van der Waals surface area contributed by atoms with Crippen LogP contribution in [0, 0.1) is 6.92 Å². The van der Waals surface area contributed by atoms with Gasteiger partial charge in [0.25, 0.3) is 5.91 Å². The molecule has 5 nitrogen and oxygen atoms in total. The largest absolute Gasteiger partial charge is 0.484 e. The van der Waals surface area contributed by atoms with Crippen molar-refractivity contribution in [3.05, 3.63) is 64.7 Å². The minimum absolute atomic E-state index is 0.0478. The van der Waals surface area contributed by atoms with Crippen LogP contribution in [0.2, 0.25) is 5.02 Å². The van der Waals surface area contributed by atoms with Crippen LogP contribution < -0.4 is 10.1 Å². The molecule has 25 heavy (non-hydrogen) atoms. The van der Waals surface area contributed by atoms with E-state index in [2.05, 4.69) is 5.32 Å². The Hall–Kier alpha value is -2.53. The fourth-order valence-electron chi connectivity index (χ4n) is 2.34. The predicted octanol–water partition coefficient (Wildman–Crippen LogP) is 3.45. The third-order valence-corrected chi connectivity index (χ3v) is 3.87. The van der Waals surface area contributed by atoms with Crippen LogP contribution >= 0.6 is 11.6 Å². The number of carbonyl (C=O) groups is 2. The van der Waals surface area contributed by atoms with Crippen molar-refractivity contribution in [2.75, 3.05) is 13.7 Å². The van der Waals surface area contributed by atoms with Gasteiger partial charge in [-0.3, -0.25) is 9.59 Å². The third-order valence-electron chi connectivity index (χ3n) is 3.63. The van der Waals surface area contributed by atoms with Crippen molar-refractivity contribution in [1.82, 2.24) is 5.32 Å². The first kappa shape index (κ1) is 18.8. The van der Waals surface area contributed by atoms with Crippen LogP contribution in [0.25, 0.3) is 0 Å². The van der Waals surface area contributed by atoms with E-state index >= 15 is 0 Å². The zero-order chi connectivity index (χ0) is 18.2. The molecular formula is C19H20ClNO4. The van der Waals surface area contributed by atoms with Gasteiger partial charge in [-0.25, -0.2) is 0 Å². The molecule has 0 aliphatic heterocycles. The molecule has 0 bridgehead atoms. The van der Waals surface area contributed by atoms with Gasteiger partial charge >= 0.3 is 5.97 Å². The maximum Gasteiger partial charge on any atom is 0.307 e. The average Bonchev–Trinajstić information content (AvgIpc) is 2.61. The maximum atomic E-state index is 12.2. The second-order valence-electron chi connectivity index (χ2n) is 5.51. The van der Waals surface area contributed by atoms with E-state index < -0.39 is 12.0 Å². The Labute approximate surface area is 151 Å². The van der Waals surface area contributed by atoms with Crippen molar-refractivity contribution in [2.24, 2.45) is 0 Å². The molecule has 0 saturated heterocycles. The van der Waals surface area contributed by atoms with Gasteiger partial charge in [0.15, 0.2) is 6.61 Å². The second kappa shape index (κ2) is 9.08. The molecule has 0 heterocycles. The Morgan fingerprint density at radius 3 is 2.52 bits per heavy atom. The monoisotopic (exact) mass is 361 g/mol. The normalized spacial score (nSPS) is 11.5. The van der Waals surface area contributed by atoms with E-state index in [0.717, 1.165) is 11.1 Å². The van der Waals surface area contributed by atoms with Gasteiger partial charge in [0.2, 0.25) is 0 Å². The number of esters is 1. The highest BCUT2D eigenvalue weighted by Crippen LogP contribution is 2.22. The molecule has 2 rings (SSSR count). The van der Waals surface area contributed by atoms with Gasteiger partial charge in [-0.2, -0.15) is 0 Å². The molecule has 0 aliphatic carbocycles. The van der Waals surface area contributed by atoms with Crippen molar-refractivity contribution in [3.8, 4) is 5.75 Å². The highest BCUT2D eigenvalue weighted by atomic mass is 35.5. The number of hydrogen-bond donors (Lipinski definition) is 1. The number of halogens is 1. The Bertz CT molecular complexity index is 733. The number of amides is 1. The van der Waals surface area contributed by atoms with Gasteiger partial charge < -0.3 is 14.8 Å². The first-order valence-corrected chi connectivity index (χ1v) is 8.17. The van der Waals surface area contributed by atoms with Crippen LogP contribution in [-0.4, -0.2) is 25.6 Å². The van der Waals surface area contributed by atoms with Crippen molar-refractivity contribution in [1.29, 1.82) is 0 Å². The highest BCUT2D eigenvalue weighted by molar-refractivity contribution is 6.30. The number of benzene rings is 2. The number of methoxy groups -OCH3 is 1. The predicted molar refractivity (Wildman–Crippen MR) is 95.6 cm³/mol. The summed E-state index contributed by atoms with van der Waals surface area (Å²) in [6, 6.07) is 14.0. The third kappa shape index (κ3) is 5.80. The van der Waals surface area contributed by atoms with Gasteiger partial charge in [0, 0.05) is 5.02 Å². The molecule has 132 valence electrons. The summed E-state index contributed by atoms with van der Waals surface area (Å²) in [4.78, 5) is 23.8. The lowest BCUT2D eigenvalue weighted by Gasteiger charge is -2.18. The summed E-state index contributed by atoms with van der Waals surface area (Å²) in [7, 11) is 1.32. The van der Waals surface area contributed by atoms with Crippen LogP contribution in [0.4, 0.5) is 0 Å². The summed E-state index contributed by atoms with van der Waals surface area (Å²) in [6.45, 7) is 1.69. The van der Waals surface area contributed by atoms with E-state index in [-0.39, 0.29) is 18.9 Å². The van der Waals surface area contributed by atoms with E-state index in [1.165, 1.54) is 7.11 Å². The minimum atomic E-state index is -0.476. The van der Waals surface area contributed by atoms with Crippen molar-refractivity contribution < 1.29 is 19.1 Å². The van der Waals surface area contributed by atoms with Crippen LogP contribution in [-0.2, 0) is 14.3 Å². The van der Waals surface area contributed by atoms with Crippen molar-refractivity contribution in [2.45, 2.75) is 19.4 Å². The Morgan fingerprint density at radius 1 is 1.16 bits per heavy atom. The number of ether oxygens (including phenoxy) is 2. The summed E-state index contributed by atoms with van der Waals surface area (Å²) >= 11 is 5.90. The summed E-state index contributed by atoms with van der Waals surface area (Å²) < 4.78 is 10.2. The molecule has 0 aromatic heterocycles. The van der Waals surface area contributed by atoms with Gasteiger partial charge in [0.05, 0.1) is 19.6 Å². The zero-order valence-corrected chi connectivity index (χ0v) is 14.9. The molecule has 0 spiro atoms.